The van der Waals surface area contributed by atoms with Gasteiger partial charge in [-0.3, -0.25) is 0 Å². The number of rotatable bonds is 3. The molecule has 0 bridgehead atoms. The lowest BCUT2D eigenvalue weighted by Crippen LogP contribution is -2.35. The molecule has 0 aliphatic heterocycles. The Labute approximate surface area is 121 Å². The lowest BCUT2D eigenvalue weighted by molar-refractivity contribution is 0.199. The van der Waals surface area contributed by atoms with Gasteiger partial charge in [-0.05, 0) is 63.1 Å². The number of halogens is 1. The predicted octanol–water partition coefficient (Wildman–Crippen LogP) is 4.20. The topological polar surface area (TPSA) is 23.5 Å². The molecular weight excluding hydrogens is 253 g/mol. The molecule has 1 saturated carbocycles. The number of nitrogens with zero attached hydrogens (tertiary/aromatic N) is 1. The van der Waals surface area contributed by atoms with Gasteiger partial charge in [0.15, 0.2) is 0 Å². The molecule has 0 saturated heterocycles. The SMILES string of the molecule is Cc1cc(N(C)C2CCC(C)CC2)c([C@H](C)O)cc1F. The van der Waals surface area contributed by atoms with Crippen LogP contribution in [0.1, 0.15) is 56.8 Å². The van der Waals surface area contributed by atoms with E-state index in [0.29, 0.717) is 17.2 Å². The summed E-state index contributed by atoms with van der Waals surface area (Å²) in [7, 11) is 2.07. The average molecular weight is 279 g/mol. The molecule has 3 heteroatoms. The van der Waals surface area contributed by atoms with E-state index in [1.54, 1.807) is 13.8 Å². The van der Waals surface area contributed by atoms with E-state index < -0.39 is 6.10 Å². The van der Waals surface area contributed by atoms with Gasteiger partial charge in [0.25, 0.3) is 0 Å². The molecule has 2 rings (SSSR count). The summed E-state index contributed by atoms with van der Waals surface area (Å²) in [6.45, 7) is 5.78. The highest BCUT2D eigenvalue weighted by molar-refractivity contribution is 5.57. The van der Waals surface area contributed by atoms with E-state index in [4.69, 9.17) is 0 Å². The molecule has 1 aromatic rings. The Morgan fingerprint density at radius 1 is 1.25 bits per heavy atom. The van der Waals surface area contributed by atoms with Gasteiger partial charge in [-0.1, -0.05) is 6.92 Å². The van der Waals surface area contributed by atoms with Gasteiger partial charge in [-0.2, -0.15) is 0 Å². The van der Waals surface area contributed by atoms with Gasteiger partial charge in [0.2, 0.25) is 0 Å². The lowest BCUT2D eigenvalue weighted by Gasteiger charge is -2.36. The fourth-order valence-corrected chi connectivity index (χ4v) is 3.15. The summed E-state index contributed by atoms with van der Waals surface area (Å²) in [5.41, 5.74) is 2.30. The maximum Gasteiger partial charge on any atom is 0.126 e. The highest BCUT2D eigenvalue weighted by atomic mass is 19.1. The van der Waals surface area contributed by atoms with Gasteiger partial charge in [-0.15, -0.1) is 0 Å². The van der Waals surface area contributed by atoms with Crippen molar-refractivity contribution in [1.29, 1.82) is 0 Å². The Morgan fingerprint density at radius 3 is 2.40 bits per heavy atom. The molecule has 0 radical (unpaired) electrons. The average Bonchev–Trinajstić information content (AvgIpc) is 2.41. The molecule has 112 valence electrons. The quantitative estimate of drug-likeness (QED) is 0.896. The van der Waals surface area contributed by atoms with E-state index in [-0.39, 0.29) is 5.82 Å². The molecule has 20 heavy (non-hydrogen) atoms. The van der Waals surface area contributed by atoms with Crippen LogP contribution in [0.2, 0.25) is 0 Å². The first-order valence-electron chi connectivity index (χ1n) is 7.61. The van der Waals surface area contributed by atoms with Crippen LogP contribution in [0.3, 0.4) is 0 Å². The highest BCUT2D eigenvalue weighted by Crippen LogP contribution is 2.34. The molecule has 1 fully saturated rings. The van der Waals surface area contributed by atoms with Crippen molar-refractivity contribution in [3.8, 4) is 0 Å². The Kier molecular flexibility index (Phi) is 4.69. The fraction of sp³-hybridized carbons (Fsp3) is 0.647. The molecule has 0 heterocycles. The van der Waals surface area contributed by atoms with Crippen molar-refractivity contribution in [1.82, 2.24) is 0 Å². The predicted molar refractivity (Wildman–Crippen MR) is 81.6 cm³/mol. The first kappa shape index (κ1) is 15.3. The normalized spacial score (nSPS) is 24.5. The summed E-state index contributed by atoms with van der Waals surface area (Å²) in [5.74, 6) is 0.571. The minimum Gasteiger partial charge on any atom is -0.389 e. The second-order valence-corrected chi connectivity index (χ2v) is 6.36. The lowest BCUT2D eigenvalue weighted by atomic mass is 9.86. The van der Waals surface area contributed by atoms with Gasteiger partial charge in [0.05, 0.1) is 6.10 Å². The van der Waals surface area contributed by atoms with E-state index in [1.807, 2.05) is 6.07 Å². The number of benzene rings is 1. The number of aliphatic hydroxyl groups excluding tert-OH is 1. The minimum atomic E-state index is -0.648. The number of aryl methyl sites for hydroxylation is 1. The molecule has 1 aliphatic rings. The summed E-state index contributed by atoms with van der Waals surface area (Å²) in [6.07, 6.45) is 4.20. The standard InChI is InChI=1S/C17H26FNO/c1-11-5-7-14(8-6-11)19(4)17-9-12(2)16(18)10-15(17)13(3)20/h9-11,13-14,20H,5-8H2,1-4H3/t11?,13-,14?/m0/s1. The van der Waals surface area contributed by atoms with Crippen molar-refractivity contribution >= 4 is 5.69 Å². The molecule has 1 atom stereocenters. The van der Waals surface area contributed by atoms with Crippen LogP contribution >= 0.6 is 0 Å². The van der Waals surface area contributed by atoms with E-state index in [9.17, 15) is 9.50 Å². The molecule has 1 aliphatic carbocycles. The van der Waals surface area contributed by atoms with E-state index in [1.165, 1.54) is 31.7 Å². The zero-order valence-electron chi connectivity index (χ0n) is 13.0. The summed E-state index contributed by atoms with van der Waals surface area (Å²) < 4.78 is 13.7. The zero-order chi connectivity index (χ0) is 14.9. The highest BCUT2D eigenvalue weighted by Gasteiger charge is 2.24. The van der Waals surface area contributed by atoms with Crippen LogP contribution in [-0.4, -0.2) is 18.2 Å². The first-order chi connectivity index (χ1) is 9.40. The van der Waals surface area contributed by atoms with Crippen molar-refractivity contribution < 1.29 is 9.50 Å². The zero-order valence-corrected chi connectivity index (χ0v) is 13.0. The van der Waals surface area contributed by atoms with Crippen LogP contribution in [-0.2, 0) is 0 Å². The minimum absolute atomic E-state index is 0.240. The van der Waals surface area contributed by atoms with Gasteiger partial charge in [0.1, 0.15) is 5.82 Å². The molecule has 1 N–H and O–H groups in total. The Morgan fingerprint density at radius 2 is 1.85 bits per heavy atom. The van der Waals surface area contributed by atoms with Gasteiger partial charge in [-0.25, -0.2) is 4.39 Å². The smallest absolute Gasteiger partial charge is 0.126 e. The molecule has 0 unspecified atom stereocenters. The van der Waals surface area contributed by atoms with Crippen LogP contribution in [0.25, 0.3) is 0 Å². The monoisotopic (exact) mass is 279 g/mol. The van der Waals surface area contributed by atoms with Gasteiger partial charge >= 0.3 is 0 Å². The molecule has 1 aromatic carbocycles. The molecule has 0 aromatic heterocycles. The second kappa shape index (κ2) is 6.13. The third-order valence-electron chi connectivity index (χ3n) is 4.67. The Bertz CT molecular complexity index is 464. The van der Waals surface area contributed by atoms with Crippen molar-refractivity contribution in [3.05, 3.63) is 29.1 Å². The summed E-state index contributed by atoms with van der Waals surface area (Å²) in [4.78, 5) is 2.24. The maximum atomic E-state index is 13.7. The van der Waals surface area contributed by atoms with Crippen molar-refractivity contribution in [3.63, 3.8) is 0 Å². The van der Waals surface area contributed by atoms with Crippen LogP contribution < -0.4 is 4.90 Å². The Hall–Kier alpha value is -1.09. The number of anilines is 1. The summed E-state index contributed by atoms with van der Waals surface area (Å²) >= 11 is 0. The molecule has 2 nitrogen and oxygen atoms in total. The van der Waals surface area contributed by atoms with Crippen LogP contribution in [0.5, 0.6) is 0 Å². The van der Waals surface area contributed by atoms with Crippen molar-refractivity contribution in [2.45, 2.75) is 58.6 Å². The largest absolute Gasteiger partial charge is 0.389 e. The van der Waals surface area contributed by atoms with Gasteiger partial charge < -0.3 is 10.0 Å². The molecule has 0 amide bonds. The van der Waals surface area contributed by atoms with Gasteiger partial charge in [0, 0.05) is 24.3 Å². The number of aliphatic hydroxyl groups is 1. The molecular formula is C17H26FNO. The maximum absolute atomic E-state index is 13.7. The van der Waals surface area contributed by atoms with E-state index in [0.717, 1.165) is 11.6 Å². The second-order valence-electron chi connectivity index (χ2n) is 6.36. The third kappa shape index (κ3) is 3.14. The number of hydrogen-bond donors (Lipinski definition) is 1. The van der Waals surface area contributed by atoms with Crippen LogP contribution in [0.15, 0.2) is 12.1 Å². The summed E-state index contributed by atoms with van der Waals surface area (Å²) in [5, 5.41) is 9.92. The van der Waals surface area contributed by atoms with E-state index in [2.05, 4.69) is 18.9 Å². The van der Waals surface area contributed by atoms with Crippen LogP contribution in [0.4, 0.5) is 10.1 Å². The van der Waals surface area contributed by atoms with Crippen LogP contribution in [0, 0.1) is 18.7 Å². The van der Waals surface area contributed by atoms with E-state index >= 15 is 0 Å². The first-order valence-corrected chi connectivity index (χ1v) is 7.61. The van der Waals surface area contributed by atoms with Crippen molar-refractivity contribution in [2.75, 3.05) is 11.9 Å². The summed E-state index contributed by atoms with van der Waals surface area (Å²) in [6, 6.07) is 3.85. The molecule has 0 spiro atoms. The Balaban J connectivity index is 2.28. The van der Waals surface area contributed by atoms with Crippen molar-refractivity contribution in [2.24, 2.45) is 5.92 Å². The fourth-order valence-electron chi connectivity index (χ4n) is 3.15. The third-order valence-corrected chi connectivity index (χ3v) is 4.67. The number of hydrogen-bond acceptors (Lipinski definition) is 2.